The molecule has 1 aromatic rings. The molecule has 0 aliphatic heterocycles. The van der Waals surface area contributed by atoms with E-state index in [2.05, 4.69) is 44.1 Å². The third-order valence-corrected chi connectivity index (χ3v) is 4.10. The molecule has 2 nitrogen and oxygen atoms in total. The summed E-state index contributed by atoms with van der Waals surface area (Å²) in [5.74, 6) is 0.265. The number of rotatable bonds is 4. The Labute approximate surface area is 111 Å². The van der Waals surface area contributed by atoms with E-state index in [0.29, 0.717) is 6.04 Å². The maximum absolute atomic E-state index is 9.43. The maximum atomic E-state index is 9.43. The lowest BCUT2D eigenvalue weighted by atomic mass is 9.86. The van der Waals surface area contributed by atoms with Gasteiger partial charge in [-0.05, 0) is 62.4 Å². The van der Waals surface area contributed by atoms with Gasteiger partial charge in [-0.1, -0.05) is 25.1 Å². The standard InChI is InChI=1S/C16H25NO/c1-12(11-18)16(17(2)3)15-9-8-13-6-4-5-7-14(13)10-15/h8-10,12,16,18H,4-7,11H2,1-3H3. The van der Waals surface area contributed by atoms with Crippen molar-refractivity contribution in [1.82, 2.24) is 4.90 Å². The average molecular weight is 247 g/mol. The highest BCUT2D eigenvalue weighted by molar-refractivity contribution is 5.35. The first-order chi connectivity index (χ1) is 8.63. The van der Waals surface area contributed by atoms with E-state index in [9.17, 15) is 5.11 Å². The number of hydrogen-bond acceptors (Lipinski definition) is 2. The lowest BCUT2D eigenvalue weighted by Gasteiger charge is -2.30. The third kappa shape index (κ3) is 2.76. The van der Waals surface area contributed by atoms with E-state index in [4.69, 9.17) is 0 Å². The molecule has 1 aliphatic rings. The first kappa shape index (κ1) is 13.6. The fourth-order valence-corrected chi connectivity index (χ4v) is 3.17. The van der Waals surface area contributed by atoms with Crippen LogP contribution in [0, 0.1) is 5.92 Å². The zero-order valence-electron chi connectivity index (χ0n) is 11.8. The van der Waals surface area contributed by atoms with Gasteiger partial charge in [-0.25, -0.2) is 0 Å². The Morgan fingerprint density at radius 2 is 1.83 bits per heavy atom. The Morgan fingerprint density at radius 1 is 1.17 bits per heavy atom. The van der Waals surface area contributed by atoms with Crippen molar-refractivity contribution in [2.75, 3.05) is 20.7 Å². The average Bonchev–Trinajstić information content (AvgIpc) is 2.38. The number of benzene rings is 1. The van der Waals surface area contributed by atoms with E-state index in [1.807, 2.05) is 0 Å². The zero-order valence-corrected chi connectivity index (χ0v) is 11.8. The highest BCUT2D eigenvalue weighted by atomic mass is 16.3. The Kier molecular flexibility index (Phi) is 4.41. The summed E-state index contributed by atoms with van der Waals surface area (Å²) in [5, 5.41) is 9.43. The molecule has 2 heteroatoms. The molecule has 2 rings (SSSR count). The molecule has 18 heavy (non-hydrogen) atoms. The van der Waals surface area contributed by atoms with Gasteiger partial charge in [-0.2, -0.15) is 0 Å². The van der Waals surface area contributed by atoms with E-state index in [1.54, 1.807) is 0 Å². The molecule has 0 fully saturated rings. The molecule has 0 aromatic heterocycles. The lowest BCUT2D eigenvalue weighted by molar-refractivity contribution is 0.145. The summed E-state index contributed by atoms with van der Waals surface area (Å²) in [4.78, 5) is 2.21. The van der Waals surface area contributed by atoms with Crippen LogP contribution in [0.5, 0.6) is 0 Å². The molecular formula is C16H25NO. The van der Waals surface area contributed by atoms with Gasteiger partial charge in [0.2, 0.25) is 0 Å². The second-order valence-corrected chi connectivity index (χ2v) is 5.80. The number of aliphatic hydroxyl groups is 1. The van der Waals surface area contributed by atoms with Crippen molar-refractivity contribution in [2.45, 2.75) is 38.6 Å². The molecular weight excluding hydrogens is 222 g/mol. The van der Waals surface area contributed by atoms with Crippen LogP contribution in [0.3, 0.4) is 0 Å². The Bertz CT molecular complexity index is 400. The smallest absolute Gasteiger partial charge is 0.0474 e. The molecule has 0 saturated heterocycles. The van der Waals surface area contributed by atoms with Gasteiger partial charge in [0.1, 0.15) is 0 Å². The van der Waals surface area contributed by atoms with E-state index < -0.39 is 0 Å². The van der Waals surface area contributed by atoms with Crippen LogP contribution < -0.4 is 0 Å². The first-order valence-electron chi connectivity index (χ1n) is 7.02. The lowest BCUT2D eigenvalue weighted by Crippen LogP contribution is -2.28. The maximum Gasteiger partial charge on any atom is 0.0474 e. The zero-order chi connectivity index (χ0) is 13.1. The van der Waals surface area contributed by atoms with Crippen LogP contribution in [0.15, 0.2) is 18.2 Å². The van der Waals surface area contributed by atoms with Crippen molar-refractivity contribution in [2.24, 2.45) is 5.92 Å². The molecule has 1 aliphatic carbocycles. The van der Waals surface area contributed by atoms with Crippen LogP contribution in [-0.2, 0) is 12.8 Å². The first-order valence-corrected chi connectivity index (χ1v) is 7.02. The summed E-state index contributed by atoms with van der Waals surface area (Å²) in [6, 6.07) is 7.22. The van der Waals surface area contributed by atoms with Gasteiger partial charge in [0.05, 0.1) is 0 Å². The van der Waals surface area contributed by atoms with Gasteiger partial charge in [0.15, 0.2) is 0 Å². The number of nitrogens with zero attached hydrogens (tertiary/aromatic N) is 1. The molecule has 2 atom stereocenters. The van der Waals surface area contributed by atoms with Gasteiger partial charge in [-0.15, -0.1) is 0 Å². The second kappa shape index (κ2) is 5.85. The molecule has 1 N–H and O–H groups in total. The molecule has 0 bridgehead atoms. The number of aryl methyl sites for hydroxylation is 2. The Hall–Kier alpha value is -0.860. The second-order valence-electron chi connectivity index (χ2n) is 5.80. The van der Waals surface area contributed by atoms with Crippen molar-refractivity contribution >= 4 is 0 Å². The summed E-state index contributed by atoms with van der Waals surface area (Å²) in [7, 11) is 4.19. The monoisotopic (exact) mass is 247 g/mol. The van der Waals surface area contributed by atoms with Crippen molar-refractivity contribution in [3.63, 3.8) is 0 Å². The van der Waals surface area contributed by atoms with Crippen molar-refractivity contribution in [3.05, 3.63) is 34.9 Å². The molecule has 1 aromatic carbocycles. The third-order valence-electron chi connectivity index (χ3n) is 4.10. The Morgan fingerprint density at radius 3 is 2.44 bits per heavy atom. The predicted molar refractivity (Wildman–Crippen MR) is 75.8 cm³/mol. The summed E-state index contributed by atoms with van der Waals surface area (Å²) >= 11 is 0. The highest BCUT2D eigenvalue weighted by Gasteiger charge is 2.22. The summed E-state index contributed by atoms with van der Waals surface area (Å²) in [5.41, 5.74) is 4.40. The topological polar surface area (TPSA) is 23.5 Å². The van der Waals surface area contributed by atoms with E-state index in [0.717, 1.165) is 0 Å². The van der Waals surface area contributed by atoms with Gasteiger partial charge < -0.3 is 10.0 Å². The van der Waals surface area contributed by atoms with E-state index in [-0.39, 0.29) is 12.5 Å². The molecule has 100 valence electrons. The molecule has 0 radical (unpaired) electrons. The minimum atomic E-state index is 0.236. The normalized spacial score (nSPS) is 18.5. The molecule has 0 amide bonds. The van der Waals surface area contributed by atoms with Gasteiger partial charge in [0, 0.05) is 12.6 Å². The molecule has 0 spiro atoms. The molecule has 2 unspecified atom stereocenters. The fraction of sp³-hybridized carbons (Fsp3) is 0.625. The van der Waals surface area contributed by atoms with Crippen molar-refractivity contribution in [3.8, 4) is 0 Å². The quantitative estimate of drug-likeness (QED) is 0.884. The number of aliphatic hydroxyl groups excluding tert-OH is 1. The minimum Gasteiger partial charge on any atom is -0.396 e. The molecule has 0 saturated carbocycles. The predicted octanol–water partition coefficient (Wildman–Crippen LogP) is 2.80. The largest absolute Gasteiger partial charge is 0.396 e. The number of hydrogen-bond donors (Lipinski definition) is 1. The fourth-order valence-electron chi connectivity index (χ4n) is 3.17. The number of fused-ring (bicyclic) bond motifs is 1. The van der Waals surface area contributed by atoms with Crippen LogP contribution >= 0.6 is 0 Å². The van der Waals surface area contributed by atoms with Gasteiger partial charge >= 0.3 is 0 Å². The van der Waals surface area contributed by atoms with E-state index >= 15 is 0 Å². The van der Waals surface area contributed by atoms with Crippen LogP contribution in [0.4, 0.5) is 0 Å². The van der Waals surface area contributed by atoms with Crippen LogP contribution in [-0.4, -0.2) is 30.7 Å². The van der Waals surface area contributed by atoms with Crippen molar-refractivity contribution in [1.29, 1.82) is 0 Å². The highest BCUT2D eigenvalue weighted by Crippen LogP contribution is 2.30. The van der Waals surface area contributed by atoms with E-state index in [1.165, 1.54) is 42.4 Å². The summed E-state index contributed by atoms with van der Waals surface area (Å²) in [6.07, 6.45) is 5.10. The minimum absolute atomic E-state index is 0.236. The van der Waals surface area contributed by atoms with Crippen LogP contribution in [0.1, 0.15) is 42.5 Å². The van der Waals surface area contributed by atoms with Crippen LogP contribution in [0.2, 0.25) is 0 Å². The summed E-state index contributed by atoms with van der Waals surface area (Å²) in [6.45, 7) is 2.35. The SMILES string of the molecule is CC(CO)C(c1ccc2c(c1)CCCC2)N(C)C. The molecule has 0 heterocycles. The van der Waals surface area contributed by atoms with Crippen molar-refractivity contribution < 1.29 is 5.11 Å². The summed E-state index contributed by atoms with van der Waals surface area (Å²) < 4.78 is 0. The van der Waals surface area contributed by atoms with Gasteiger partial charge in [-0.3, -0.25) is 0 Å². The van der Waals surface area contributed by atoms with Crippen LogP contribution in [0.25, 0.3) is 0 Å². The Balaban J connectivity index is 2.30. The van der Waals surface area contributed by atoms with Gasteiger partial charge in [0.25, 0.3) is 0 Å².